The van der Waals surface area contributed by atoms with Gasteiger partial charge in [0.2, 0.25) is 0 Å². The molecule has 1 rings (SSSR count). The van der Waals surface area contributed by atoms with Crippen LogP contribution in [0.4, 0.5) is 0 Å². The second kappa shape index (κ2) is 7.34. The van der Waals surface area contributed by atoms with Crippen molar-refractivity contribution in [2.45, 2.75) is 57.0 Å². The molecule has 1 fully saturated rings. The van der Waals surface area contributed by atoms with E-state index in [-0.39, 0.29) is 0 Å². The molecule has 0 bridgehead atoms. The van der Waals surface area contributed by atoms with Crippen LogP contribution in [0.5, 0.6) is 0 Å². The molecule has 3 heteroatoms. The van der Waals surface area contributed by atoms with Crippen LogP contribution in [0.3, 0.4) is 0 Å². The summed E-state index contributed by atoms with van der Waals surface area (Å²) in [5, 5.41) is 3.71. The van der Waals surface area contributed by atoms with Crippen molar-refractivity contribution in [3.8, 4) is 0 Å². The van der Waals surface area contributed by atoms with E-state index in [1.807, 2.05) is 0 Å². The van der Waals surface area contributed by atoms with Gasteiger partial charge in [0, 0.05) is 25.3 Å². The molecule has 1 atom stereocenters. The van der Waals surface area contributed by atoms with Gasteiger partial charge in [-0.1, -0.05) is 19.8 Å². The van der Waals surface area contributed by atoms with Crippen molar-refractivity contribution >= 4 is 0 Å². The molecule has 0 aliphatic heterocycles. The van der Waals surface area contributed by atoms with Gasteiger partial charge in [0.15, 0.2) is 0 Å². The van der Waals surface area contributed by atoms with Gasteiger partial charge in [0.25, 0.3) is 0 Å². The van der Waals surface area contributed by atoms with Gasteiger partial charge in [-0.05, 0) is 46.3 Å². The molecule has 0 aromatic heterocycles. The third kappa shape index (κ3) is 3.67. The Morgan fingerprint density at radius 1 is 1.29 bits per heavy atom. The van der Waals surface area contributed by atoms with Crippen molar-refractivity contribution in [2.24, 2.45) is 0 Å². The molecule has 0 saturated heterocycles. The molecule has 3 nitrogen and oxygen atoms in total. The van der Waals surface area contributed by atoms with Gasteiger partial charge in [-0.25, -0.2) is 0 Å². The van der Waals surface area contributed by atoms with Gasteiger partial charge in [0.05, 0.1) is 0 Å². The lowest BCUT2D eigenvalue weighted by atomic mass is 9.84. The first-order valence-electron chi connectivity index (χ1n) is 7.07. The molecule has 17 heavy (non-hydrogen) atoms. The topological polar surface area (TPSA) is 24.5 Å². The van der Waals surface area contributed by atoms with Gasteiger partial charge in [-0.3, -0.25) is 0 Å². The highest BCUT2D eigenvalue weighted by atomic mass is 16.5. The lowest BCUT2D eigenvalue weighted by Crippen LogP contribution is -2.57. The Hall–Kier alpha value is -0.120. The maximum Gasteiger partial charge on any atom is 0.0462 e. The summed E-state index contributed by atoms with van der Waals surface area (Å²) in [5.41, 5.74) is 0.379. The van der Waals surface area contributed by atoms with Crippen molar-refractivity contribution in [1.29, 1.82) is 0 Å². The van der Waals surface area contributed by atoms with E-state index in [4.69, 9.17) is 4.74 Å². The Kier molecular flexibility index (Phi) is 6.45. The number of ether oxygens (including phenoxy) is 1. The second-order valence-electron chi connectivity index (χ2n) is 5.45. The van der Waals surface area contributed by atoms with Gasteiger partial charge in [0.1, 0.15) is 0 Å². The van der Waals surface area contributed by atoms with Crippen LogP contribution >= 0.6 is 0 Å². The number of rotatable bonds is 8. The number of nitrogens with zero attached hydrogens (tertiary/aromatic N) is 1. The van der Waals surface area contributed by atoms with Gasteiger partial charge >= 0.3 is 0 Å². The molecule has 0 aromatic rings. The summed E-state index contributed by atoms with van der Waals surface area (Å²) in [6.07, 6.45) is 7.81. The monoisotopic (exact) mass is 242 g/mol. The van der Waals surface area contributed by atoms with E-state index in [1.54, 1.807) is 7.11 Å². The maximum absolute atomic E-state index is 5.19. The normalized spacial score (nSPS) is 21.0. The summed E-state index contributed by atoms with van der Waals surface area (Å²) in [7, 11) is 6.28. The minimum Gasteiger partial charge on any atom is -0.385 e. The molecule has 0 heterocycles. The Labute approximate surface area is 107 Å². The highest BCUT2D eigenvalue weighted by Gasteiger charge is 2.42. The summed E-state index contributed by atoms with van der Waals surface area (Å²) in [6, 6.07) is 0.611. The molecule has 0 radical (unpaired) electrons. The van der Waals surface area contributed by atoms with Crippen LogP contribution in [0.15, 0.2) is 0 Å². The molecule has 1 saturated carbocycles. The molecule has 1 N–H and O–H groups in total. The average molecular weight is 242 g/mol. The molecule has 0 amide bonds. The van der Waals surface area contributed by atoms with Crippen molar-refractivity contribution in [2.75, 3.05) is 34.4 Å². The van der Waals surface area contributed by atoms with Crippen molar-refractivity contribution < 1.29 is 4.74 Å². The van der Waals surface area contributed by atoms with E-state index in [2.05, 4.69) is 31.2 Å². The van der Waals surface area contributed by atoms with Crippen LogP contribution in [0.2, 0.25) is 0 Å². The number of likely N-dealkylation sites (N-methyl/N-ethyl adjacent to an activating group) is 2. The summed E-state index contributed by atoms with van der Waals surface area (Å²) < 4.78 is 5.19. The average Bonchev–Trinajstić information content (AvgIpc) is 2.78. The number of methoxy groups -OCH3 is 1. The zero-order chi connectivity index (χ0) is 12.7. The van der Waals surface area contributed by atoms with E-state index in [1.165, 1.54) is 32.1 Å². The minimum absolute atomic E-state index is 0.379. The highest BCUT2D eigenvalue weighted by Crippen LogP contribution is 2.38. The lowest BCUT2D eigenvalue weighted by Gasteiger charge is -2.44. The Morgan fingerprint density at radius 2 is 1.94 bits per heavy atom. The fraction of sp³-hybridized carbons (Fsp3) is 1.00. The summed E-state index contributed by atoms with van der Waals surface area (Å²) in [5.74, 6) is 0. The van der Waals surface area contributed by atoms with E-state index in [0.717, 1.165) is 19.6 Å². The van der Waals surface area contributed by atoms with Crippen LogP contribution in [0, 0.1) is 0 Å². The fourth-order valence-electron chi connectivity index (χ4n) is 3.33. The van der Waals surface area contributed by atoms with Crippen LogP contribution in [0.25, 0.3) is 0 Å². The molecule has 1 aliphatic rings. The zero-order valence-corrected chi connectivity index (χ0v) is 12.1. The Bertz CT molecular complexity index is 200. The van der Waals surface area contributed by atoms with E-state index < -0.39 is 0 Å². The van der Waals surface area contributed by atoms with Crippen LogP contribution in [-0.2, 0) is 4.74 Å². The number of hydrogen-bond acceptors (Lipinski definition) is 3. The molecule has 1 aliphatic carbocycles. The number of nitrogens with one attached hydrogen (secondary N) is 1. The predicted molar refractivity (Wildman–Crippen MR) is 73.5 cm³/mol. The Morgan fingerprint density at radius 3 is 2.41 bits per heavy atom. The highest BCUT2D eigenvalue weighted by molar-refractivity contribution is 5.01. The summed E-state index contributed by atoms with van der Waals surface area (Å²) in [6.45, 7) is 4.15. The standard InChI is InChI=1S/C14H30N2O/c1-5-15-13(9-8-12-17-4)14(16(2)3)10-6-7-11-14/h13,15H,5-12H2,1-4H3. The van der Waals surface area contributed by atoms with Crippen LogP contribution in [0.1, 0.15) is 45.4 Å². The minimum atomic E-state index is 0.379. The number of hydrogen-bond donors (Lipinski definition) is 1. The smallest absolute Gasteiger partial charge is 0.0462 e. The maximum atomic E-state index is 5.19. The first-order chi connectivity index (χ1) is 8.17. The molecule has 0 aromatic carbocycles. The second-order valence-corrected chi connectivity index (χ2v) is 5.45. The summed E-state index contributed by atoms with van der Waals surface area (Å²) in [4.78, 5) is 2.46. The zero-order valence-electron chi connectivity index (χ0n) is 12.1. The van der Waals surface area contributed by atoms with Crippen molar-refractivity contribution in [1.82, 2.24) is 10.2 Å². The van der Waals surface area contributed by atoms with E-state index >= 15 is 0 Å². The quantitative estimate of drug-likeness (QED) is 0.661. The van der Waals surface area contributed by atoms with Crippen molar-refractivity contribution in [3.05, 3.63) is 0 Å². The van der Waals surface area contributed by atoms with Crippen LogP contribution in [-0.4, -0.2) is 50.8 Å². The molecule has 1 unspecified atom stereocenters. The largest absolute Gasteiger partial charge is 0.385 e. The van der Waals surface area contributed by atoms with E-state index in [0.29, 0.717) is 11.6 Å². The third-order valence-corrected chi connectivity index (χ3v) is 4.30. The lowest BCUT2D eigenvalue weighted by molar-refractivity contribution is 0.0930. The fourth-order valence-corrected chi connectivity index (χ4v) is 3.33. The molecular weight excluding hydrogens is 212 g/mol. The van der Waals surface area contributed by atoms with Crippen LogP contribution < -0.4 is 5.32 Å². The predicted octanol–water partition coefficient (Wildman–Crippen LogP) is 2.27. The first-order valence-corrected chi connectivity index (χ1v) is 7.07. The first kappa shape index (κ1) is 14.9. The third-order valence-electron chi connectivity index (χ3n) is 4.30. The molecule has 102 valence electrons. The SMILES string of the molecule is CCNC(CCCOC)C1(N(C)C)CCCC1. The van der Waals surface area contributed by atoms with E-state index in [9.17, 15) is 0 Å². The molecule has 0 spiro atoms. The van der Waals surface area contributed by atoms with Gasteiger partial charge in [-0.2, -0.15) is 0 Å². The summed E-state index contributed by atoms with van der Waals surface area (Å²) >= 11 is 0. The molecular formula is C14H30N2O. The Balaban J connectivity index is 2.64. The van der Waals surface area contributed by atoms with Gasteiger partial charge < -0.3 is 15.0 Å². The van der Waals surface area contributed by atoms with Gasteiger partial charge in [-0.15, -0.1) is 0 Å². The van der Waals surface area contributed by atoms with Crippen molar-refractivity contribution in [3.63, 3.8) is 0 Å².